The summed E-state index contributed by atoms with van der Waals surface area (Å²) in [6.07, 6.45) is 1.36. The van der Waals surface area contributed by atoms with Gasteiger partial charge in [0.05, 0.1) is 5.57 Å². The van der Waals surface area contributed by atoms with Crippen LogP contribution in [0.5, 0.6) is 0 Å². The smallest absolute Gasteiger partial charge is 0.258 e. The van der Waals surface area contributed by atoms with E-state index in [1.165, 1.54) is 6.08 Å². The molecule has 3 rings (SSSR count). The molecule has 0 fully saturated rings. The molecule has 2 aromatic carbocycles. The molecule has 0 spiro atoms. The first-order valence-corrected chi connectivity index (χ1v) is 6.39. The zero-order valence-corrected chi connectivity index (χ0v) is 11.0. The van der Waals surface area contributed by atoms with E-state index in [1.54, 1.807) is 0 Å². The van der Waals surface area contributed by atoms with Crippen molar-refractivity contribution in [3.05, 3.63) is 65.7 Å². The zero-order chi connectivity index (χ0) is 14.1. The Morgan fingerprint density at radius 2 is 1.40 bits per heavy atom. The van der Waals surface area contributed by atoms with E-state index in [-0.39, 0.29) is 11.8 Å². The zero-order valence-electron chi connectivity index (χ0n) is 11.0. The fourth-order valence-electron chi connectivity index (χ4n) is 2.44. The van der Waals surface area contributed by atoms with Crippen LogP contribution in [0.15, 0.2) is 54.6 Å². The standard InChI is InChI=1S/C17H13NO2/c1-11-6-2-3-7-12(11)13-8-4-5-9-14(13)15-10-16(19)18-17(15)20/h2-10H,1H3,(H,18,19,20). The fraction of sp³-hybridized carbons (Fsp3) is 0.0588. The maximum absolute atomic E-state index is 11.9. The number of hydrogen-bond donors (Lipinski definition) is 1. The molecule has 0 aliphatic carbocycles. The Morgan fingerprint density at radius 1 is 0.800 bits per heavy atom. The number of rotatable bonds is 2. The quantitative estimate of drug-likeness (QED) is 0.847. The van der Waals surface area contributed by atoms with E-state index >= 15 is 0 Å². The molecule has 0 unspecified atom stereocenters. The van der Waals surface area contributed by atoms with Crippen molar-refractivity contribution in [3.63, 3.8) is 0 Å². The molecule has 2 amide bonds. The molecule has 3 nitrogen and oxygen atoms in total. The summed E-state index contributed by atoms with van der Waals surface area (Å²) in [6.45, 7) is 2.03. The Labute approximate surface area is 116 Å². The van der Waals surface area contributed by atoms with Gasteiger partial charge in [0.2, 0.25) is 0 Å². The summed E-state index contributed by atoms with van der Waals surface area (Å²) in [4.78, 5) is 23.2. The Bertz CT molecular complexity index is 744. The molecule has 0 aromatic heterocycles. The average molecular weight is 263 g/mol. The van der Waals surface area contributed by atoms with Gasteiger partial charge >= 0.3 is 0 Å². The predicted molar refractivity (Wildman–Crippen MR) is 77.7 cm³/mol. The molecule has 0 radical (unpaired) electrons. The van der Waals surface area contributed by atoms with E-state index in [0.717, 1.165) is 22.3 Å². The molecule has 0 bridgehead atoms. The molecular formula is C17H13NO2. The predicted octanol–water partition coefficient (Wildman–Crippen LogP) is 2.70. The summed E-state index contributed by atoms with van der Waals surface area (Å²) in [7, 11) is 0. The van der Waals surface area contributed by atoms with Crippen molar-refractivity contribution in [2.45, 2.75) is 6.92 Å². The Balaban J connectivity index is 2.20. The van der Waals surface area contributed by atoms with E-state index in [2.05, 4.69) is 5.32 Å². The molecule has 2 aromatic rings. The molecule has 0 atom stereocenters. The number of carbonyl (C=O) groups excluding carboxylic acids is 2. The second-order valence-electron chi connectivity index (χ2n) is 4.74. The number of carbonyl (C=O) groups is 2. The SMILES string of the molecule is Cc1ccccc1-c1ccccc1C1=CC(=O)NC1=O. The highest BCUT2D eigenvalue weighted by molar-refractivity contribution is 6.34. The Morgan fingerprint density at radius 3 is 2.00 bits per heavy atom. The van der Waals surface area contributed by atoms with Crippen LogP contribution in [0, 0.1) is 6.92 Å². The van der Waals surface area contributed by atoms with Crippen molar-refractivity contribution >= 4 is 17.4 Å². The van der Waals surface area contributed by atoms with Gasteiger partial charge in [-0.15, -0.1) is 0 Å². The summed E-state index contributed by atoms with van der Waals surface area (Å²) >= 11 is 0. The lowest BCUT2D eigenvalue weighted by molar-refractivity contribution is -0.123. The summed E-state index contributed by atoms with van der Waals surface area (Å²) < 4.78 is 0. The number of nitrogens with one attached hydrogen (secondary N) is 1. The molecule has 98 valence electrons. The van der Waals surface area contributed by atoms with Crippen LogP contribution in [-0.2, 0) is 9.59 Å². The number of amides is 2. The number of benzene rings is 2. The maximum atomic E-state index is 11.9. The van der Waals surface area contributed by atoms with E-state index in [0.29, 0.717) is 5.57 Å². The second-order valence-corrected chi connectivity index (χ2v) is 4.74. The highest BCUT2D eigenvalue weighted by Gasteiger charge is 2.24. The molecule has 1 aliphatic heterocycles. The lowest BCUT2D eigenvalue weighted by Gasteiger charge is -2.11. The van der Waals surface area contributed by atoms with Crippen LogP contribution in [0.4, 0.5) is 0 Å². The van der Waals surface area contributed by atoms with Crippen LogP contribution in [0.1, 0.15) is 11.1 Å². The van der Waals surface area contributed by atoms with Gasteiger partial charge in [-0.25, -0.2) is 0 Å². The van der Waals surface area contributed by atoms with Crippen LogP contribution < -0.4 is 5.32 Å². The van der Waals surface area contributed by atoms with E-state index in [9.17, 15) is 9.59 Å². The van der Waals surface area contributed by atoms with Crippen molar-refractivity contribution in [3.8, 4) is 11.1 Å². The van der Waals surface area contributed by atoms with Crippen LogP contribution in [0.3, 0.4) is 0 Å². The van der Waals surface area contributed by atoms with Gasteiger partial charge in [0.15, 0.2) is 0 Å². The third kappa shape index (κ3) is 2.03. The Hall–Kier alpha value is -2.68. The average Bonchev–Trinajstić information content (AvgIpc) is 2.78. The minimum absolute atomic E-state index is 0.337. The van der Waals surface area contributed by atoms with Crippen molar-refractivity contribution < 1.29 is 9.59 Å². The maximum Gasteiger partial charge on any atom is 0.258 e. The fourth-order valence-corrected chi connectivity index (χ4v) is 2.44. The van der Waals surface area contributed by atoms with Crippen molar-refractivity contribution in [2.24, 2.45) is 0 Å². The molecule has 1 N–H and O–H groups in total. The van der Waals surface area contributed by atoms with Gasteiger partial charge < -0.3 is 0 Å². The van der Waals surface area contributed by atoms with Crippen molar-refractivity contribution in [1.82, 2.24) is 5.32 Å². The topological polar surface area (TPSA) is 46.2 Å². The first-order valence-electron chi connectivity index (χ1n) is 6.39. The summed E-state index contributed by atoms with van der Waals surface area (Å²) in [5.41, 5.74) is 4.36. The third-order valence-electron chi connectivity index (χ3n) is 3.41. The van der Waals surface area contributed by atoms with Gasteiger partial charge in [-0.2, -0.15) is 0 Å². The molecule has 0 saturated heterocycles. The molecule has 1 aliphatic rings. The van der Waals surface area contributed by atoms with E-state index in [4.69, 9.17) is 0 Å². The first kappa shape index (κ1) is 12.4. The molecule has 3 heteroatoms. The number of aryl methyl sites for hydroxylation is 1. The molecule has 1 heterocycles. The Kier molecular flexibility index (Phi) is 2.95. The van der Waals surface area contributed by atoms with E-state index < -0.39 is 0 Å². The van der Waals surface area contributed by atoms with Gasteiger partial charge in [0.25, 0.3) is 11.8 Å². The van der Waals surface area contributed by atoms with Gasteiger partial charge in [-0.05, 0) is 29.2 Å². The van der Waals surface area contributed by atoms with Crippen LogP contribution in [0.25, 0.3) is 16.7 Å². The first-order chi connectivity index (χ1) is 9.66. The minimum Gasteiger partial charge on any atom is -0.289 e. The normalized spacial score (nSPS) is 14.2. The highest BCUT2D eigenvalue weighted by atomic mass is 16.2. The molecule has 0 saturated carbocycles. The van der Waals surface area contributed by atoms with Gasteiger partial charge in [0, 0.05) is 6.08 Å². The van der Waals surface area contributed by atoms with E-state index in [1.807, 2.05) is 55.5 Å². The van der Waals surface area contributed by atoms with Crippen molar-refractivity contribution in [1.29, 1.82) is 0 Å². The highest BCUT2D eigenvalue weighted by Crippen LogP contribution is 2.32. The summed E-state index contributed by atoms with van der Waals surface area (Å²) in [5.74, 6) is -0.694. The van der Waals surface area contributed by atoms with Gasteiger partial charge in [-0.3, -0.25) is 14.9 Å². The second kappa shape index (κ2) is 4.78. The summed E-state index contributed by atoms with van der Waals surface area (Å²) in [5, 5.41) is 2.29. The largest absolute Gasteiger partial charge is 0.289 e. The van der Waals surface area contributed by atoms with Crippen LogP contribution in [0.2, 0.25) is 0 Å². The van der Waals surface area contributed by atoms with Gasteiger partial charge in [0.1, 0.15) is 0 Å². The van der Waals surface area contributed by atoms with Gasteiger partial charge in [-0.1, -0.05) is 48.5 Å². The lowest BCUT2D eigenvalue weighted by Crippen LogP contribution is -2.21. The lowest BCUT2D eigenvalue weighted by atomic mass is 9.92. The monoisotopic (exact) mass is 263 g/mol. The molecule has 20 heavy (non-hydrogen) atoms. The van der Waals surface area contributed by atoms with Crippen LogP contribution >= 0.6 is 0 Å². The molecular weight excluding hydrogens is 250 g/mol. The summed E-state index contributed by atoms with van der Waals surface area (Å²) in [6, 6.07) is 15.6. The van der Waals surface area contributed by atoms with Crippen molar-refractivity contribution in [2.75, 3.05) is 0 Å². The third-order valence-corrected chi connectivity index (χ3v) is 3.41. The number of hydrogen-bond acceptors (Lipinski definition) is 2. The minimum atomic E-state index is -0.357. The van der Waals surface area contributed by atoms with Crippen LogP contribution in [-0.4, -0.2) is 11.8 Å². The number of imide groups is 1.